The molecule has 0 aliphatic heterocycles. The predicted octanol–water partition coefficient (Wildman–Crippen LogP) is 4.25. The van der Waals surface area contributed by atoms with E-state index in [0.29, 0.717) is 0 Å². The molecule has 74 valence electrons. The largest absolute Gasteiger partial charge is 0.106 e. The first kappa shape index (κ1) is 14.5. The lowest BCUT2D eigenvalue weighted by Gasteiger charge is -2.10. The van der Waals surface area contributed by atoms with Crippen molar-refractivity contribution in [3.63, 3.8) is 0 Å². The van der Waals surface area contributed by atoms with Crippen molar-refractivity contribution >= 4 is 8.80 Å². The van der Waals surface area contributed by atoms with Gasteiger partial charge in [0.05, 0.1) is 0 Å². The van der Waals surface area contributed by atoms with Crippen molar-refractivity contribution in [3.8, 4) is 0 Å². The second-order valence-electron chi connectivity index (χ2n) is 3.23. The van der Waals surface area contributed by atoms with Gasteiger partial charge in [-0.3, -0.25) is 0 Å². The van der Waals surface area contributed by atoms with Gasteiger partial charge in [0, 0.05) is 8.80 Å². The Labute approximate surface area is 80.7 Å². The Hall–Kier alpha value is -0.0431. The van der Waals surface area contributed by atoms with Crippen molar-refractivity contribution in [2.45, 2.75) is 58.2 Å². The standard InChI is InChI=1S/C9H22Si.C2H4/c1-4-7-10(8-5-2)9-6-3;1-2/h10H,4-9H2,1-3H3;1-2H2. The Balaban J connectivity index is 0. The lowest BCUT2D eigenvalue weighted by atomic mass is 10.6. The van der Waals surface area contributed by atoms with Crippen LogP contribution in [0.5, 0.6) is 0 Å². The molecule has 0 aliphatic rings. The van der Waals surface area contributed by atoms with Crippen LogP contribution >= 0.6 is 0 Å². The Morgan fingerprint density at radius 1 is 0.750 bits per heavy atom. The van der Waals surface area contributed by atoms with Crippen LogP contribution < -0.4 is 0 Å². The van der Waals surface area contributed by atoms with Crippen molar-refractivity contribution < 1.29 is 0 Å². The molecule has 0 unspecified atom stereocenters. The minimum Gasteiger partial charge on any atom is -0.106 e. The van der Waals surface area contributed by atoms with Crippen LogP contribution in [0.15, 0.2) is 13.2 Å². The summed E-state index contributed by atoms with van der Waals surface area (Å²) in [5.74, 6) is 0. The predicted molar refractivity (Wildman–Crippen MR) is 63.7 cm³/mol. The molecule has 0 heterocycles. The molecule has 0 radical (unpaired) electrons. The first-order valence-electron chi connectivity index (χ1n) is 5.35. The molecule has 0 spiro atoms. The van der Waals surface area contributed by atoms with Crippen LogP contribution in [0.1, 0.15) is 40.0 Å². The Kier molecular flexibility index (Phi) is 16.3. The normalized spacial score (nSPS) is 9.33. The van der Waals surface area contributed by atoms with Crippen molar-refractivity contribution in [2.24, 2.45) is 0 Å². The van der Waals surface area contributed by atoms with Gasteiger partial charge in [0.2, 0.25) is 0 Å². The SMILES string of the molecule is C=C.CCC[SiH](CCC)CCC. The highest BCUT2D eigenvalue weighted by Gasteiger charge is 2.05. The second kappa shape index (κ2) is 13.5. The van der Waals surface area contributed by atoms with Gasteiger partial charge in [0.25, 0.3) is 0 Å². The van der Waals surface area contributed by atoms with Gasteiger partial charge in [-0.15, -0.1) is 13.2 Å². The molecule has 1 heteroatoms. The number of hydrogen-bond acceptors (Lipinski definition) is 0. The summed E-state index contributed by atoms with van der Waals surface area (Å²) in [6.45, 7) is 13.0. The third-order valence-electron chi connectivity index (χ3n) is 2.09. The summed E-state index contributed by atoms with van der Waals surface area (Å²) in [4.78, 5) is 0. The van der Waals surface area contributed by atoms with Crippen LogP contribution in [-0.2, 0) is 0 Å². The summed E-state index contributed by atoms with van der Waals surface area (Å²) in [7, 11) is -0.234. The molecule has 0 bridgehead atoms. The Morgan fingerprint density at radius 2 is 1.00 bits per heavy atom. The maximum Gasteiger partial charge on any atom is 0.0367 e. The fourth-order valence-corrected chi connectivity index (χ4v) is 4.97. The highest BCUT2D eigenvalue weighted by molar-refractivity contribution is 6.58. The van der Waals surface area contributed by atoms with E-state index in [2.05, 4.69) is 33.9 Å². The summed E-state index contributed by atoms with van der Waals surface area (Å²) >= 11 is 0. The average molecular weight is 186 g/mol. The van der Waals surface area contributed by atoms with Crippen molar-refractivity contribution in [1.29, 1.82) is 0 Å². The average Bonchev–Trinajstić information content (AvgIpc) is 2.10. The van der Waals surface area contributed by atoms with Crippen molar-refractivity contribution in [3.05, 3.63) is 13.2 Å². The first-order valence-corrected chi connectivity index (χ1v) is 7.80. The van der Waals surface area contributed by atoms with Crippen molar-refractivity contribution in [1.82, 2.24) is 0 Å². The molecule has 0 amide bonds. The summed E-state index contributed by atoms with van der Waals surface area (Å²) < 4.78 is 0. The maximum atomic E-state index is 3.00. The molecule has 0 aliphatic carbocycles. The monoisotopic (exact) mass is 186 g/mol. The van der Waals surface area contributed by atoms with Crippen LogP contribution in [0.4, 0.5) is 0 Å². The lowest BCUT2D eigenvalue weighted by molar-refractivity contribution is 0.957. The molecule has 0 N–H and O–H groups in total. The van der Waals surface area contributed by atoms with Crippen LogP contribution in [0.25, 0.3) is 0 Å². The Morgan fingerprint density at radius 3 is 1.17 bits per heavy atom. The lowest BCUT2D eigenvalue weighted by Crippen LogP contribution is -2.09. The van der Waals surface area contributed by atoms with E-state index in [1.165, 1.54) is 19.3 Å². The molecule has 0 aromatic rings. The zero-order chi connectivity index (χ0) is 9.82. The van der Waals surface area contributed by atoms with Gasteiger partial charge < -0.3 is 0 Å². The van der Waals surface area contributed by atoms with E-state index < -0.39 is 0 Å². The topological polar surface area (TPSA) is 0 Å². The van der Waals surface area contributed by atoms with Crippen LogP contribution in [0.3, 0.4) is 0 Å². The molecule has 0 saturated heterocycles. The molecular formula is C11H26Si. The summed E-state index contributed by atoms with van der Waals surface area (Å²) in [6.07, 6.45) is 4.28. The third kappa shape index (κ3) is 9.96. The van der Waals surface area contributed by atoms with E-state index in [1.54, 1.807) is 18.1 Å². The summed E-state index contributed by atoms with van der Waals surface area (Å²) in [5.41, 5.74) is 0. The second-order valence-corrected chi connectivity index (χ2v) is 6.70. The van der Waals surface area contributed by atoms with Gasteiger partial charge in [-0.2, -0.15) is 0 Å². The van der Waals surface area contributed by atoms with E-state index in [4.69, 9.17) is 0 Å². The fraction of sp³-hybridized carbons (Fsp3) is 0.818. The van der Waals surface area contributed by atoms with E-state index >= 15 is 0 Å². The van der Waals surface area contributed by atoms with Gasteiger partial charge in [-0.25, -0.2) is 0 Å². The maximum absolute atomic E-state index is 3.00. The highest BCUT2D eigenvalue weighted by atomic mass is 28.3. The Bertz CT molecular complexity index is 57.1. The third-order valence-corrected chi connectivity index (χ3v) is 6.27. The highest BCUT2D eigenvalue weighted by Crippen LogP contribution is 2.11. The molecule has 0 saturated carbocycles. The quantitative estimate of drug-likeness (QED) is 0.430. The molecule has 0 nitrogen and oxygen atoms in total. The molecule has 0 fully saturated rings. The molecule has 12 heavy (non-hydrogen) atoms. The van der Waals surface area contributed by atoms with E-state index in [9.17, 15) is 0 Å². The number of hydrogen-bond donors (Lipinski definition) is 0. The van der Waals surface area contributed by atoms with Gasteiger partial charge >= 0.3 is 0 Å². The van der Waals surface area contributed by atoms with Gasteiger partial charge in [-0.1, -0.05) is 58.2 Å². The smallest absolute Gasteiger partial charge is 0.0367 e. The molecule has 0 aromatic carbocycles. The van der Waals surface area contributed by atoms with E-state index in [1.807, 2.05) is 0 Å². The minimum atomic E-state index is -0.234. The van der Waals surface area contributed by atoms with E-state index in [0.717, 1.165) is 0 Å². The zero-order valence-electron chi connectivity index (χ0n) is 9.23. The summed E-state index contributed by atoms with van der Waals surface area (Å²) in [5, 5.41) is 0. The minimum absolute atomic E-state index is 0.234. The van der Waals surface area contributed by atoms with Crippen LogP contribution in [0, 0.1) is 0 Å². The first-order chi connectivity index (χ1) is 5.85. The molecule has 0 atom stereocenters. The molecular weight excluding hydrogens is 160 g/mol. The van der Waals surface area contributed by atoms with Gasteiger partial charge in [0.15, 0.2) is 0 Å². The fourth-order valence-electron chi connectivity index (χ4n) is 1.66. The zero-order valence-corrected chi connectivity index (χ0v) is 10.4. The molecule has 0 rings (SSSR count). The van der Waals surface area contributed by atoms with Gasteiger partial charge in [0.1, 0.15) is 0 Å². The van der Waals surface area contributed by atoms with E-state index in [-0.39, 0.29) is 8.80 Å². The van der Waals surface area contributed by atoms with Crippen LogP contribution in [-0.4, -0.2) is 8.80 Å². The molecule has 0 aromatic heterocycles. The van der Waals surface area contributed by atoms with Crippen molar-refractivity contribution in [2.75, 3.05) is 0 Å². The summed E-state index contributed by atoms with van der Waals surface area (Å²) in [6, 6.07) is 4.76. The van der Waals surface area contributed by atoms with Crippen LogP contribution in [0.2, 0.25) is 18.1 Å². The van der Waals surface area contributed by atoms with Gasteiger partial charge in [-0.05, 0) is 0 Å². The number of rotatable bonds is 6.